The smallest absolute Gasteiger partial charge is 0.327 e. The third-order valence-corrected chi connectivity index (χ3v) is 6.53. The van der Waals surface area contributed by atoms with Crippen LogP contribution in [0.2, 0.25) is 0 Å². The van der Waals surface area contributed by atoms with Gasteiger partial charge in [0.25, 0.3) is 5.56 Å². The minimum atomic E-state index is -0.369. The molecular formula is C24H32N6O3. The second-order valence-electron chi connectivity index (χ2n) is 8.90. The zero-order valence-corrected chi connectivity index (χ0v) is 19.6. The lowest BCUT2D eigenvalue weighted by atomic mass is 9.93. The number of ether oxygens (including phenoxy) is 1. The predicted molar refractivity (Wildman–Crippen MR) is 125 cm³/mol. The topological polar surface area (TPSA) is 106 Å². The van der Waals surface area contributed by atoms with Crippen LogP contribution in [0.5, 0.6) is 0 Å². The van der Waals surface area contributed by atoms with Gasteiger partial charge in [0.1, 0.15) is 6.54 Å². The molecule has 2 aromatic heterocycles. The van der Waals surface area contributed by atoms with Gasteiger partial charge in [0.15, 0.2) is 5.82 Å². The van der Waals surface area contributed by atoms with Gasteiger partial charge in [0.2, 0.25) is 0 Å². The Morgan fingerprint density at radius 2 is 1.91 bits per heavy atom. The number of carbonyl (C=O) groups excluding carboxylic acids is 1. The molecule has 0 aliphatic heterocycles. The summed E-state index contributed by atoms with van der Waals surface area (Å²) in [4.78, 5) is 30.2. The lowest BCUT2D eigenvalue weighted by molar-refractivity contribution is -0.144. The highest BCUT2D eigenvalue weighted by Crippen LogP contribution is 2.26. The molecule has 0 spiro atoms. The molecule has 0 amide bonds. The number of fused-ring (bicyclic) bond motifs is 1. The van der Waals surface area contributed by atoms with Crippen molar-refractivity contribution in [3.8, 4) is 0 Å². The molecule has 9 heteroatoms. The quantitative estimate of drug-likeness (QED) is 0.524. The number of rotatable bonds is 8. The highest BCUT2D eigenvalue weighted by atomic mass is 16.5. The van der Waals surface area contributed by atoms with Gasteiger partial charge in [0, 0.05) is 23.7 Å². The molecular weight excluding hydrogens is 420 g/mol. The van der Waals surface area contributed by atoms with E-state index in [1.54, 1.807) is 6.92 Å². The van der Waals surface area contributed by atoms with Crippen LogP contribution < -0.4 is 5.56 Å². The monoisotopic (exact) mass is 452 g/mol. The standard InChI is InChI=1S/C24H32N6O3/c1-4-33-23(31)15-30-22(26-27-28-30)14-29(20-8-6-5-7-9-20)13-19-12-18-10-16(2)17(3)11-21(18)25-24(19)32/h10-12,20H,4-9,13-15H2,1-3H3,(H,25,32). The summed E-state index contributed by atoms with van der Waals surface area (Å²) in [5.74, 6) is 0.226. The van der Waals surface area contributed by atoms with Crippen molar-refractivity contribution in [1.29, 1.82) is 0 Å². The Balaban J connectivity index is 1.62. The number of H-pyrrole nitrogens is 1. The van der Waals surface area contributed by atoms with Crippen molar-refractivity contribution in [2.45, 2.75) is 78.6 Å². The predicted octanol–water partition coefficient (Wildman–Crippen LogP) is 3.03. The zero-order chi connectivity index (χ0) is 23.4. The van der Waals surface area contributed by atoms with E-state index in [1.165, 1.54) is 29.5 Å². The fraction of sp³-hybridized carbons (Fsp3) is 0.542. The molecule has 0 bridgehead atoms. The highest BCUT2D eigenvalue weighted by Gasteiger charge is 2.25. The van der Waals surface area contributed by atoms with E-state index in [0.29, 0.717) is 31.6 Å². The SMILES string of the molecule is CCOC(=O)Cn1nnnc1CN(Cc1cc2cc(C)c(C)cc2[nH]c1=O)C1CCCCC1. The molecule has 176 valence electrons. The molecule has 9 nitrogen and oxygen atoms in total. The average Bonchev–Trinajstić information content (AvgIpc) is 3.22. The number of hydrogen-bond donors (Lipinski definition) is 1. The van der Waals surface area contributed by atoms with Crippen LogP contribution >= 0.6 is 0 Å². The molecule has 1 fully saturated rings. The number of benzene rings is 1. The van der Waals surface area contributed by atoms with Crippen LogP contribution in [0.1, 0.15) is 61.5 Å². The normalized spacial score (nSPS) is 14.8. The Morgan fingerprint density at radius 1 is 1.15 bits per heavy atom. The molecule has 0 unspecified atom stereocenters. The van der Waals surface area contributed by atoms with Crippen molar-refractivity contribution in [2.24, 2.45) is 0 Å². The maximum atomic E-state index is 12.9. The van der Waals surface area contributed by atoms with Gasteiger partial charge in [-0.05, 0) is 78.8 Å². The lowest BCUT2D eigenvalue weighted by Crippen LogP contribution is -2.38. The maximum Gasteiger partial charge on any atom is 0.327 e. The van der Waals surface area contributed by atoms with Gasteiger partial charge in [-0.1, -0.05) is 19.3 Å². The molecule has 3 aromatic rings. The Labute approximate surface area is 193 Å². The molecule has 2 heterocycles. The number of esters is 1. The van der Waals surface area contributed by atoms with Crippen LogP contribution in [0, 0.1) is 13.8 Å². The van der Waals surface area contributed by atoms with Gasteiger partial charge in [-0.15, -0.1) is 5.10 Å². The highest BCUT2D eigenvalue weighted by molar-refractivity contribution is 5.80. The summed E-state index contributed by atoms with van der Waals surface area (Å²) in [6.45, 7) is 7.14. The van der Waals surface area contributed by atoms with Crippen LogP contribution in [0.3, 0.4) is 0 Å². The number of aromatic nitrogens is 5. The van der Waals surface area contributed by atoms with Crippen molar-refractivity contribution >= 4 is 16.9 Å². The minimum Gasteiger partial charge on any atom is -0.465 e. The summed E-state index contributed by atoms with van der Waals surface area (Å²) < 4.78 is 6.54. The van der Waals surface area contributed by atoms with Gasteiger partial charge in [0.05, 0.1) is 13.2 Å². The molecule has 1 aromatic carbocycles. The van der Waals surface area contributed by atoms with E-state index in [0.717, 1.165) is 34.9 Å². The molecule has 4 rings (SSSR count). The summed E-state index contributed by atoms with van der Waals surface area (Å²) in [6, 6.07) is 6.48. The molecule has 0 atom stereocenters. The first-order valence-electron chi connectivity index (χ1n) is 11.7. The fourth-order valence-electron chi connectivity index (χ4n) is 4.59. The molecule has 1 saturated carbocycles. The van der Waals surface area contributed by atoms with Crippen molar-refractivity contribution in [3.05, 3.63) is 51.1 Å². The molecule has 0 saturated heterocycles. The first kappa shape index (κ1) is 23.1. The van der Waals surface area contributed by atoms with Gasteiger partial charge < -0.3 is 9.72 Å². The summed E-state index contributed by atoms with van der Waals surface area (Å²) in [6.07, 6.45) is 5.72. The number of carbonyl (C=O) groups is 1. The van der Waals surface area contributed by atoms with Gasteiger partial charge in [-0.2, -0.15) is 0 Å². The Hall–Kier alpha value is -3.07. The Bertz CT molecular complexity index is 1180. The first-order valence-corrected chi connectivity index (χ1v) is 11.7. The van der Waals surface area contributed by atoms with Crippen LogP contribution in [0.4, 0.5) is 0 Å². The van der Waals surface area contributed by atoms with Crippen LogP contribution in [0.15, 0.2) is 23.0 Å². The summed E-state index contributed by atoms with van der Waals surface area (Å²) >= 11 is 0. The van der Waals surface area contributed by atoms with E-state index >= 15 is 0 Å². The molecule has 0 radical (unpaired) electrons. The number of aromatic amines is 1. The first-order chi connectivity index (χ1) is 15.9. The summed E-state index contributed by atoms with van der Waals surface area (Å²) in [5.41, 5.74) is 3.86. The second kappa shape index (κ2) is 10.2. The van der Waals surface area contributed by atoms with Crippen molar-refractivity contribution in [3.63, 3.8) is 0 Å². The minimum absolute atomic E-state index is 0.0239. The molecule has 33 heavy (non-hydrogen) atoms. The van der Waals surface area contributed by atoms with Gasteiger partial charge >= 0.3 is 5.97 Å². The van der Waals surface area contributed by atoms with Gasteiger partial charge in [-0.3, -0.25) is 14.5 Å². The molecule has 1 aliphatic rings. The summed E-state index contributed by atoms with van der Waals surface area (Å²) in [7, 11) is 0. The average molecular weight is 453 g/mol. The van der Waals surface area contributed by atoms with E-state index in [9.17, 15) is 9.59 Å². The number of hydrogen-bond acceptors (Lipinski definition) is 7. The van der Waals surface area contributed by atoms with E-state index in [2.05, 4.69) is 38.4 Å². The van der Waals surface area contributed by atoms with Crippen LogP contribution in [-0.4, -0.2) is 48.7 Å². The third-order valence-electron chi connectivity index (χ3n) is 6.53. The number of nitrogens with zero attached hydrogens (tertiary/aromatic N) is 5. The summed E-state index contributed by atoms with van der Waals surface area (Å²) in [5, 5.41) is 13.0. The van der Waals surface area contributed by atoms with E-state index < -0.39 is 0 Å². The van der Waals surface area contributed by atoms with E-state index in [-0.39, 0.29) is 18.1 Å². The van der Waals surface area contributed by atoms with E-state index in [4.69, 9.17) is 4.74 Å². The number of aryl methyl sites for hydroxylation is 2. The van der Waals surface area contributed by atoms with Crippen LogP contribution in [-0.2, 0) is 29.2 Å². The molecule has 1 N–H and O–H groups in total. The zero-order valence-electron chi connectivity index (χ0n) is 19.6. The fourth-order valence-corrected chi connectivity index (χ4v) is 4.59. The Kier molecular flexibility index (Phi) is 7.17. The van der Waals surface area contributed by atoms with Crippen molar-refractivity contribution < 1.29 is 9.53 Å². The van der Waals surface area contributed by atoms with Crippen molar-refractivity contribution in [1.82, 2.24) is 30.1 Å². The van der Waals surface area contributed by atoms with Crippen LogP contribution in [0.25, 0.3) is 10.9 Å². The van der Waals surface area contributed by atoms with Crippen molar-refractivity contribution in [2.75, 3.05) is 6.61 Å². The maximum absolute atomic E-state index is 12.9. The largest absolute Gasteiger partial charge is 0.465 e. The lowest BCUT2D eigenvalue weighted by Gasteiger charge is -2.33. The second-order valence-corrected chi connectivity index (χ2v) is 8.90. The number of pyridine rings is 1. The van der Waals surface area contributed by atoms with Gasteiger partial charge in [-0.25, -0.2) is 4.68 Å². The Morgan fingerprint density at radius 3 is 2.67 bits per heavy atom. The van der Waals surface area contributed by atoms with E-state index in [1.807, 2.05) is 19.1 Å². The third kappa shape index (κ3) is 5.47. The number of tetrazole rings is 1. The number of nitrogens with one attached hydrogen (secondary N) is 1. The molecule has 1 aliphatic carbocycles.